The summed E-state index contributed by atoms with van der Waals surface area (Å²) in [5.41, 5.74) is 0. The Morgan fingerprint density at radius 2 is 2.29 bits per heavy atom. The highest BCUT2D eigenvalue weighted by molar-refractivity contribution is 6.28. The van der Waals surface area contributed by atoms with Crippen molar-refractivity contribution in [1.82, 2.24) is 0 Å². The van der Waals surface area contributed by atoms with Gasteiger partial charge in [-0.15, -0.1) is 11.6 Å². The van der Waals surface area contributed by atoms with Crippen LogP contribution in [0.1, 0.15) is 6.42 Å². The van der Waals surface area contributed by atoms with Gasteiger partial charge in [0.1, 0.15) is 0 Å². The van der Waals surface area contributed by atoms with Gasteiger partial charge in [0.15, 0.2) is 0 Å². The smallest absolute Gasteiger partial charge is 0.272 e. The lowest BCUT2D eigenvalue weighted by molar-refractivity contribution is -0.112. The third-order valence-corrected chi connectivity index (χ3v) is 0.624. The number of hydrogen-bond acceptors (Lipinski definition) is 2. The van der Waals surface area contributed by atoms with E-state index in [-0.39, 0.29) is 12.3 Å². The highest BCUT2D eigenvalue weighted by Crippen LogP contribution is 1.81. The van der Waals surface area contributed by atoms with Crippen LogP contribution in [0.4, 0.5) is 0 Å². The molecule has 0 aliphatic heterocycles. The molecule has 3 heteroatoms. The molecule has 0 aromatic heterocycles. The van der Waals surface area contributed by atoms with Gasteiger partial charge < -0.3 is 0 Å². The molecule has 0 aliphatic rings. The summed E-state index contributed by atoms with van der Waals surface area (Å²) in [7, 11) is 0. The fourth-order valence-corrected chi connectivity index (χ4v) is 0.308. The minimum atomic E-state index is -0.560. The summed E-state index contributed by atoms with van der Waals surface area (Å²) >= 11 is 5.08. The molecule has 2 nitrogen and oxygen atoms in total. The largest absolute Gasteiger partial charge is 0.290 e. The van der Waals surface area contributed by atoms with Crippen LogP contribution in [0, 0.1) is 0 Å². The average molecular weight is 120 g/mol. The SMILES string of the molecule is O=[C]C(=O)CCCl. The molecule has 0 aromatic rings. The van der Waals surface area contributed by atoms with Gasteiger partial charge in [-0.05, 0) is 0 Å². The van der Waals surface area contributed by atoms with Crippen LogP contribution in [0.15, 0.2) is 0 Å². The Balaban J connectivity index is 3.17. The molecule has 0 saturated carbocycles. The van der Waals surface area contributed by atoms with Gasteiger partial charge in [-0.1, -0.05) is 0 Å². The van der Waals surface area contributed by atoms with Crippen LogP contribution < -0.4 is 0 Å². The molecule has 0 N–H and O–H groups in total. The number of halogens is 1. The first-order chi connectivity index (χ1) is 3.31. The predicted molar refractivity (Wildman–Crippen MR) is 26.0 cm³/mol. The van der Waals surface area contributed by atoms with Gasteiger partial charge in [0.2, 0.25) is 5.78 Å². The molecule has 39 valence electrons. The fourth-order valence-electron chi connectivity index (χ4n) is 0.137. The molecule has 0 saturated heterocycles. The second-order valence-electron chi connectivity index (χ2n) is 0.964. The fraction of sp³-hybridized carbons (Fsp3) is 0.500. The van der Waals surface area contributed by atoms with E-state index in [1.807, 2.05) is 0 Å². The second kappa shape index (κ2) is 3.81. The molecular formula is C4H4ClO2. The van der Waals surface area contributed by atoms with Crippen molar-refractivity contribution in [2.24, 2.45) is 0 Å². The number of Topliss-reactive ketones (excluding diaryl/α,β-unsaturated/α-hetero) is 1. The van der Waals surface area contributed by atoms with Crippen molar-refractivity contribution < 1.29 is 9.59 Å². The van der Waals surface area contributed by atoms with E-state index in [0.717, 1.165) is 0 Å². The van der Waals surface area contributed by atoms with Gasteiger partial charge in [0.05, 0.1) is 0 Å². The van der Waals surface area contributed by atoms with Crippen LogP contribution in [0.3, 0.4) is 0 Å². The summed E-state index contributed by atoms with van der Waals surface area (Å²) in [6.07, 6.45) is 1.29. The highest BCUT2D eigenvalue weighted by Gasteiger charge is 1.95. The molecule has 7 heavy (non-hydrogen) atoms. The number of ketones is 1. The number of carbonyl (C=O) groups excluding carboxylic acids is 2. The van der Waals surface area contributed by atoms with E-state index in [9.17, 15) is 9.59 Å². The molecule has 0 spiro atoms. The number of hydrogen-bond donors (Lipinski definition) is 0. The molecule has 0 unspecified atom stereocenters. The van der Waals surface area contributed by atoms with Crippen LogP contribution in [0.25, 0.3) is 0 Å². The number of carbonyl (C=O) groups is 1. The van der Waals surface area contributed by atoms with Gasteiger partial charge in [0.25, 0.3) is 6.29 Å². The maximum Gasteiger partial charge on any atom is 0.272 e. The minimum absolute atomic E-state index is 0.102. The van der Waals surface area contributed by atoms with E-state index in [2.05, 4.69) is 0 Å². The van der Waals surface area contributed by atoms with E-state index in [1.54, 1.807) is 0 Å². The summed E-state index contributed by atoms with van der Waals surface area (Å²) in [4.78, 5) is 19.3. The van der Waals surface area contributed by atoms with Gasteiger partial charge >= 0.3 is 0 Å². The Hall–Kier alpha value is -0.370. The zero-order chi connectivity index (χ0) is 5.70. The molecule has 0 heterocycles. The molecular weight excluding hydrogens is 115 g/mol. The molecule has 0 bridgehead atoms. The van der Waals surface area contributed by atoms with Crippen molar-refractivity contribution in [3.8, 4) is 0 Å². The first-order valence-electron chi connectivity index (χ1n) is 1.78. The Morgan fingerprint density at radius 3 is 2.43 bits per heavy atom. The van der Waals surface area contributed by atoms with Crippen molar-refractivity contribution >= 4 is 23.7 Å². The number of rotatable bonds is 3. The zero-order valence-corrected chi connectivity index (χ0v) is 4.36. The van der Waals surface area contributed by atoms with E-state index in [1.165, 1.54) is 6.29 Å². The Morgan fingerprint density at radius 1 is 1.71 bits per heavy atom. The van der Waals surface area contributed by atoms with Crippen molar-refractivity contribution in [3.63, 3.8) is 0 Å². The lowest BCUT2D eigenvalue weighted by Crippen LogP contribution is -1.97. The summed E-state index contributed by atoms with van der Waals surface area (Å²) in [5, 5.41) is 0. The number of alkyl halides is 1. The van der Waals surface area contributed by atoms with Crippen LogP contribution in [0.2, 0.25) is 0 Å². The second-order valence-corrected chi connectivity index (χ2v) is 1.34. The lowest BCUT2D eigenvalue weighted by atomic mass is 10.3. The molecule has 0 amide bonds. The normalized spacial score (nSPS) is 8.14. The predicted octanol–water partition coefficient (Wildman–Crippen LogP) is 0.294. The maximum absolute atomic E-state index is 9.90. The highest BCUT2D eigenvalue weighted by atomic mass is 35.5. The summed E-state index contributed by atoms with van der Waals surface area (Å²) in [6, 6.07) is 0. The third-order valence-electron chi connectivity index (χ3n) is 0.435. The van der Waals surface area contributed by atoms with Crippen molar-refractivity contribution in [2.75, 3.05) is 5.88 Å². The molecule has 0 fully saturated rings. The monoisotopic (exact) mass is 119 g/mol. The van der Waals surface area contributed by atoms with Crippen molar-refractivity contribution in [2.45, 2.75) is 6.42 Å². The van der Waals surface area contributed by atoms with E-state index in [0.29, 0.717) is 0 Å². The van der Waals surface area contributed by atoms with Gasteiger partial charge in [0, 0.05) is 12.3 Å². The quantitative estimate of drug-likeness (QED) is 0.395. The van der Waals surface area contributed by atoms with Crippen LogP contribution in [0.5, 0.6) is 0 Å². The minimum Gasteiger partial charge on any atom is -0.290 e. The van der Waals surface area contributed by atoms with Crippen LogP contribution in [-0.2, 0) is 9.59 Å². The van der Waals surface area contributed by atoms with Crippen molar-refractivity contribution in [1.29, 1.82) is 0 Å². The third kappa shape index (κ3) is 3.46. The van der Waals surface area contributed by atoms with Crippen molar-refractivity contribution in [3.05, 3.63) is 0 Å². The molecule has 0 aliphatic carbocycles. The summed E-state index contributed by atoms with van der Waals surface area (Å²) in [5.74, 6) is -0.358. The Kier molecular flexibility index (Phi) is 3.61. The Bertz CT molecular complexity index is 79.8. The molecule has 0 rings (SSSR count). The van der Waals surface area contributed by atoms with Gasteiger partial charge in [-0.3, -0.25) is 9.59 Å². The zero-order valence-electron chi connectivity index (χ0n) is 3.61. The van der Waals surface area contributed by atoms with E-state index >= 15 is 0 Å². The topological polar surface area (TPSA) is 34.1 Å². The first-order valence-corrected chi connectivity index (χ1v) is 2.31. The summed E-state index contributed by atoms with van der Waals surface area (Å²) < 4.78 is 0. The van der Waals surface area contributed by atoms with Crippen LogP contribution >= 0.6 is 11.6 Å². The van der Waals surface area contributed by atoms with E-state index < -0.39 is 5.78 Å². The molecule has 0 aromatic carbocycles. The summed E-state index contributed by atoms with van der Waals surface area (Å²) in [6.45, 7) is 0. The first kappa shape index (κ1) is 6.63. The average Bonchev–Trinajstić information content (AvgIpc) is 1.68. The van der Waals surface area contributed by atoms with Gasteiger partial charge in [-0.2, -0.15) is 0 Å². The molecule has 0 atom stereocenters. The lowest BCUT2D eigenvalue weighted by Gasteiger charge is -1.77. The molecule has 1 radical (unpaired) electrons. The van der Waals surface area contributed by atoms with E-state index in [4.69, 9.17) is 11.6 Å². The maximum atomic E-state index is 9.90. The van der Waals surface area contributed by atoms with Crippen LogP contribution in [-0.4, -0.2) is 17.9 Å². The van der Waals surface area contributed by atoms with Gasteiger partial charge in [-0.25, -0.2) is 0 Å². The Labute approximate surface area is 46.5 Å². The standard InChI is InChI=1S/C4H4ClO2/c5-2-1-4(7)3-6/h1-2H2.